The summed E-state index contributed by atoms with van der Waals surface area (Å²) in [4.78, 5) is 6.18. The number of piperidine rings is 2. The summed E-state index contributed by atoms with van der Waals surface area (Å²) in [6, 6.07) is 9.00. The third-order valence-corrected chi connectivity index (χ3v) is 6.34. The number of aromatic nitrogens is 4. The SMILES string of the molecule is CN1C2CCCC1[C@H](F)[C@H](Oc1ccc(-c3ccc(-n4ccnc4)cc3O)nn1)C2. The quantitative estimate of drug-likeness (QED) is 0.712. The monoisotopic (exact) mass is 409 g/mol. The number of hydrogen-bond donors (Lipinski definition) is 1. The Morgan fingerprint density at radius 3 is 2.80 bits per heavy atom. The van der Waals surface area contributed by atoms with Crippen LogP contribution >= 0.6 is 0 Å². The van der Waals surface area contributed by atoms with Gasteiger partial charge in [-0.1, -0.05) is 6.42 Å². The molecule has 0 radical (unpaired) electrons. The van der Waals surface area contributed by atoms with E-state index in [1.54, 1.807) is 47.6 Å². The highest BCUT2D eigenvalue weighted by molar-refractivity contribution is 5.68. The van der Waals surface area contributed by atoms with E-state index in [4.69, 9.17) is 4.74 Å². The number of phenolic OH excluding ortho intramolecular Hbond substituents is 1. The summed E-state index contributed by atoms with van der Waals surface area (Å²) in [5.41, 5.74) is 1.88. The van der Waals surface area contributed by atoms with Gasteiger partial charge in [0.1, 0.15) is 11.9 Å². The third kappa shape index (κ3) is 3.41. The molecule has 2 aliphatic heterocycles. The molecule has 1 aromatic carbocycles. The molecule has 2 bridgehead atoms. The molecular formula is C22H24FN5O2. The summed E-state index contributed by atoms with van der Waals surface area (Å²) in [5.74, 6) is 0.402. The molecule has 1 N–H and O–H groups in total. The van der Waals surface area contributed by atoms with Crippen LogP contribution in [0.25, 0.3) is 16.9 Å². The van der Waals surface area contributed by atoms with Gasteiger partial charge in [0.2, 0.25) is 5.88 Å². The molecular weight excluding hydrogens is 385 g/mol. The number of benzene rings is 1. The first-order valence-electron chi connectivity index (χ1n) is 10.3. The largest absolute Gasteiger partial charge is 0.507 e. The predicted molar refractivity (Wildman–Crippen MR) is 109 cm³/mol. The molecule has 2 aromatic heterocycles. The highest BCUT2D eigenvalue weighted by atomic mass is 19.1. The molecule has 2 unspecified atom stereocenters. The lowest BCUT2D eigenvalue weighted by Crippen LogP contribution is -2.59. The van der Waals surface area contributed by atoms with Gasteiger partial charge < -0.3 is 14.4 Å². The number of fused-ring (bicyclic) bond motifs is 2. The molecule has 4 heterocycles. The van der Waals surface area contributed by atoms with Gasteiger partial charge in [-0.3, -0.25) is 4.90 Å². The van der Waals surface area contributed by atoms with E-state index < -0.39 is 12.3 Å². The number of alkyl halides is 1. The Kier molecular flexibility index (Phi) is 4.86. The van der Waals surface area contributed by atoms with Gasteiger partial charge in [0.05, 0.1) is 17.7 Å². The number of imidazole rings is 1. The molecule has 4 atom stereocenters. The summed E-state index contributed by atoms with van der Waals surface area (Å²) in [6.45, 7) is 0. The first-order chi connectivity index (χ1) is 14.6. The zero-order chi connectivity index (χ0) is 20.7. The predicted octanol–water partition coefficient (Wildman–Crippen LogP) is 3.38. The van der Waals surface area contributed by atoms with Crippen LogP contribution < -0.4 is 4.74 Å². The van der Waals surface area contributed by atoms with Crippen molar-refractivity contribution >= 4 is 0 Å². The fourth-order valence-corrected chi connectivity index (χ4v) is 4.66. The van der Waals surface area contributed by atoms with Crippen molar-refractivity contribution in [1.29, 1.82) is 0 Å². The van der Waals surface area contributed by atoms with Crippen LogP contribution in [0, 0.1) is 0 Å². The van der Waals surface area contributed by atoms with Crippen LogP contribution in [-0.2, 0) is 0 Å². The van der Waals surface area contributed by atoms with E-state index >= 15 is 0 Å². The first-order valence-corrected chi connectivity index (χ1v) is 10.3. The van der Waals surface area contributed by atoms with Crippen LogP contribution in [-0.4, -0.2) is 61.2 Å². The van der Waals surface area contributed by atoms with E-state index in [1.165, 1.54) is 0 Å². The molecule has 0 aliphatic carbocycles. The molecule has 2 saturated heterocycles. The van der Waals surface area contributed by atoms with Crippen molar-refractivity contribution < 1.29 is 14.2 Å². The Balaban J connectivity index is 1.31. The van der Waals surface area contributed by atoms with Crippen LogP contribution in [0.15, 0.2) is 49.1 Å². The van der Waals surface area contributed by atoms with Crippen LogP contribution in [0.5, 0.6) is 11.6 Å². The molecule has 8 heteroatoms. The zero-order valence-electron chi connectivity index (χ0n) is 16.7. The minimum atomic E-state index is -1.03. The number of ether oxygens (including phenoxy) is 1. The fraction of sp³-hybridized carbons (Fsp3) is 0.409. The summed E-state index contributed by atoms with van der Waals surface area (Å²) >= 11 is 0. The van der Waals surface area contributed by atoms with Gasteiger partial charge in [-0.25, -0.2) is 9.37 Å². The van der Waals surface area contributed by atoms with Gasteiger partial charge in [-0.2, -0.15) is 0 Å². The maximum Gasteiger partial charge on any atom is 0.233 e. The van der Waals surface area contributed by atoms with Gasteiger partial charge in [0, 0.05) is 48.6 Å². The topological polar surface area (TPSA) is 76.3 Å². The number of nitrogens with zero attached hydrogens (tertiary/aromatic N) is 5. The van der Waals surface area contributed by atoms with Crippen molar-refractivity contribution in [1.82, 2.24) is 24.6 Å². The van der Waals surface area contributed by atoms with Crippen molar-refractivity contribution in [3.05, 3.63) is 49.1 Å². The van der Waals surface area contributed by atoms with E-state index in [2.05, 4.69) is 20.1 Å². The van der Waals surface area contributed by atoms with Crippen molar-refractivity contribution in [3.8, 4) is 28.6 Å². The lowest BCUT2D eigenvalue weighted by molar-refractivity contribution is -0.0640. The highest BCUT2D eigenvalue weighted by Gasteiger charge is 2.45. The molecule has 7 nitrogen and oxygen atoms in total. The van der Waals surface area contributed by atoms with Gasteiger partial charge in [-0.05, 0) is 38.1 Å². The summed E-state index contributed by atoms with van der Waals surface area (Å²) in [7, 11) is 2.01. The number of hydrogen-bond acceptors (Lipinski definition) is 6. The van der Waals surface area contributed by atoms with Crippen LogP contribution in [0.4, 0.5) is 4.39 Å². The number of phenols is 1. The van der Waals surface area contributed by atoms with Gasteiger partial charge in [0.15, 0.2) is 6.17 Å². The Labute approximate surface area is 174 Å². The lowest BCUT2D eigenvalue weighted by Gasteiger charge is -2.48. The molecule has 0 saturated carbocycles. The van der Waals surface area contributed by atoms with E-state index in [1.807, 2.05) is 13.1 Å². The average Bonchev–Trinajstić information content (AvgIpc) is 3.28. The van der Waals surface area contributed by atoms with Crippen molar-refractivity contribution in [2.24, 2.45) is 0 Å². The normalized spacial score (nSPS) is 26.5. The van der Waals surface area contributed by atoms with Crippen LogP contribution in [0.2, 0.25) is 0 Å². The minimum absolute atomic E-state index is 0.0827. The second-order valence-corrected chi connectivity index (χ2v) is 8.08. The van der Waals surface area contributed by atoms with Crippen LogP contribution in [0.3, 0.4) is 0 Å². The number of halogens is 1. The van der Waals surface area contributed by atoms with Gasteiger partial charge in [-0.15, -0.1) is 10.2 Å². The third-order valence-electron chi connectivity index (χ3n) is 6.34. The zero-order valence-corrected chi connectivity index (χ0v) is 16.7. The molecule has 2 fully saturated rings. The Hall–Kier alpha value is -3.00. The second-order valence-electron chi connectivity index (χ2n) is 8.08. The summed E-state index contributed by atoms with van der Waals surface area (Å²) in [6.07, 6.45) is 7.29. The molecule has 30 heavy (non-hydrogen) atoms. The Bertz CT molecular complexity index is 1010. The van der Waals surface area contributed by atoms with Gasteiger partial charge in [0.25, 0.3) is 0 Å². The second kappa shape index (κ2) is 7.68. The first kappa shape index (κ1) is 19.0. The number of rotatable bonds is 4. The maximum absolute atomic E-state index is 15.0. The Morgan fingerprint density at radius 1 is 1.17 bits per heavy atom. The molecule has 3 aromatic rings. The Morgan fingerprint density at radius 2 is 2.07 bits per heavy atom. The molecule has 0 amide bonds. The summed E-state index contributed by atoms with van der Waals surface area (Å²) < 4.78 is 22.6. The van der Waals surface area contributed by atoms with E-state index in [0.717, 1.165) is 24.9 Å². The van der Waals surface area contributed by atoms with E-state index in [-0.39, 0.29) is 11.8 Å². The number of aromatic hydroxyl groups is 1. The van der Waals surface area contributed by atoms with Crippen molar-refractivity contribution in [2.45, 2.75) is 50.0 Å². The highest BCUT2D eigenvalue weighted by Crippen LogP contribution is 2.36. The smallest absolute Gasteiger partial charge is 0.233 e. The van der Waals surface area contributed by atoms with E-state index in [0.29, 0.717) is 29.6 Å². The molecule has 156 valence electrons. The van der Waals surface area contributed by atoms with Crippen molar-refractivity contribution in [3.63, 3.8) is 0 Å². The fourth-order valence-electron chi connectivity index (χ4n) is 4.66. The lowest BCUT2D eigenvalue weighted by atomic mass is 9.82. The minimum Gasteiger partial charge on any atom is -0.507 e. The van der Waals surface area contributed by atoms with E-state index in [9.17, 15) is 9.50 Å². The molecule has 5 rings (SSSR count). The maximum atomic E-state index is 15.0. The van der Waals surface area contributed by atoms with Crippen LogP contribution in [0.1, 0.15) is 25.7 Å². The van der Waals surface area contributed by atoms with Gasteiger partial charge >= 0.3 is 0 Å². The standard InChI is InChI=1S/C22H24FN5O2/c1-27-14-3-2-4-18(27)22(23)20(12-14)30-21-8-7-17(25-26-21)16-6-5-15(11-19(16)29)28-10-9-24-13-28/h5-11,13-14,18,20,22,29H,2-4,12H2,1H3/t14?,18?,20-,22+/m1/s1. The molecule has 2 aliphatic rings. The van der Waals surface area contributed by atoms with Crippen molar-refractivity contribution in [2.75, 3.05) is 7.05 Å². The molecule has 0 spiro atoms. The summed E-state index contributed by atoms with van der Waals surface area (Å²) in [5, 5.41) is 18.8. The average molecular weight is 409 g/mol.